The summed E-state index contributed by atoms with van der Waals surface area (Å²) in [7, 11) is 1.56. The number of benzene rings is 3. The number of aromatic carboxylic acids is 1. The average molecular weight is 602 g/mol. The van der Waals surface area contributed by atoms with Crippen molar-refractivity contribution in [3.05, 3.63) is 91.8 Å². The fraction of sp³-hybridized carbons (Fsp3) is 0.148. The maximum Gasteiger partial charge on any atom is 0.335 e. The highest BCUT2D eigenvalue weighted by Crippen LogP contribution is 2.39. The first-order valence-corrected chi connectivity index (χ1v) is 13.2. The Morgan fingerprint density at radius 2 is 1.92 bits per heavy atom. The second kappa shape index (κ2) is 11.9. The lowest BCUT2D eigenvalue weighted by Crippen LogP contribution is -2.28. The Labute approximate surface area is 231 Å². The molecule has 0 aliphatic carbocycles. The molecular weight excluding hydrogens is 580 g/mol. The molecule has 0 atom stereocenters. The van der Waals surface area contributed by atoms with Crippen LogP contribution in [0.25, 0.3) is 6.08 Å². The summed E-state index contributed by atoms with van der Waals surface area (Å²) in [4.78, 5) is 31.0. The Morgan fingerprint density at radius 3 is 2.59 bits per heavy atom. The maximum absolute atomic E-state index is 13.1. The van der Waals surface area contributed by atoms with Crippen LogP contribution in [0.2, 0.25) is 5.02 Å². The molecule has 1 aliphatic heterocycles. The van der Waals surface area contributed by atoms with Gasteiger partial charge < -0.3 is 14.6 Å². The van der Waals surface area contributed by atoms with E-state index in [-0.39, 0.29) is 11.5 Å². The number of hydrogen-bond donors (Lipinski definition) is 1. The molecule has 0 bridgehead atoms. The SMILES string of the molecule is CCN1C(=O)C(=Cc2cc(OC)c(OCc3ccc(Cl)cc3)cc2Br)SC1=Nc1cccc(C(=O)O)c1. The summed E-state index contributed by atoms with van der Waals surface area (Å²) in [6, 6.07) is 17.3. The Morgan fingerprint density at radius 1 is 1.16 bits per heavy atom. The third kappa shape index (κ3) is 6.36. The van der Waals surface area contributed by atoms with Crippen LogP contribution in [0.15, 0.2) is 75.0 Å². The number of thioether (sulfide) groups is 1. The van der Waals surface area contributed by atoms with Gasteiger partial charge >= 0.3 is 5.97 Å². The lowest BCUT2D eigenvalue weighted by atomic mass is 10.1. The predicted octanol–water partition coefficient (Wildman–Crippen LogP) is 7.01. The van der Waals surface area contributed by atoms with Crippen molar-refractivity contribution in [2.45, 2.75) is 13.5 Å². The number of amidine groups is 1. The summed E-state index contributed by atoms with van der Waals surface area (Å²) in [5.41, 5.74) is 2.28. The lowest BCUT2D eigenvalue weighted by Gasteiger charge is -2.13. The van der Waals surface area contributed by atoms with Crippen LogP contribution < -0.4 is 9.47 Å². The second-order valence-corrected chi connectivity index (χ2v) is 10.1. The number of halogens is 2. The first kappa shape index (κ1) is 26.8. The zero-order valence-electron chi connectivity index (χ0n) is 19.9. The molecule has 0 radical (unpaired) electrons. The van der Waals surface area contributed by atoms with E-state index < -0.39 is 5.97 Å². The number of likely N-dealkylation sites (N-methyl/N-ethyl adjacent to an activating group) is 1. The first-order valence-electron chi connectivity index (χ1n) is 11.2. The maximum atomic E-state index is 13.1. The number of carbonyl (C=O) groups is 2. The number of carboxylic acids is 1. The van der Waals surface area contributed by atoms with Crippen LogP contribution in [0, 0.1) is 0 Å². The van der Waals surface area contributed by atoms with Crippen molar-refractivity contribution in [1.29, 1.82) is 0 Å². The molecule has 7 nitrogen and oxygen atoms in total. The normalized spacial score (nSPS) is 15.5. The Bertz CT molecular complexity index is 1410. The summed E-state index contributed by atoms with van der Waals surface area (Å²) in [5, 5.41) is 10.4. The van der Waals surface area contributed by atoms with Gasteiger partial charge in [-0.2, -0.15) is 0 Å². The van der Waals surface area contributed by atoms with Crippen molar-refractivity contribution in [3.63, 3.8) is 0 Å². The van der Waals surface area contributed by atoms with Gasteiger partial charge in [0.05, 0.1) is 23.3 Å². The molecule has 1 amide bonds. The Balaban J connectivity index is 1.59. The van der Waals surface area contributed by atoms with Crippen LogP contribution in [-0.2, 0) is 11.4 Å². The minimum atomic E-state index is -1.04. The molecular formula is C27H22BrClN2O5S. The zero-order chi connectivity index (χ0) is 26.5. The molecule has 190 valence electrons. The third-order valence-corrected chi connectivity index (χ3v) is 7.34. The van der Waals surface area contributed by atoms with E-state index in [4.69, 9.17) is 21.1 Å². The smallest absolute Gasteiger partial charge is 0.335 e. The van der Waals surface area contributed by atoms with Crippen LogP contribution in [0.3, 0.4) is 0 Å². The lowest BCUT2D eigenvalue weighted by molar-refractivity contribution is -0.122. The van der Waals surface area contributed by atoms with Gasteiger partial charge in [0.25, 0.3) is 5.91 Å². The molecule has 1 heterocycles. The highest BCUT2D eigenvalue weighted by Gasteiger charge is 2.32. The van der Waals surface area contributed by atoms with Gasteiger partial charge in [-0.1, -0.05) is 45.7 Å². The van der Waals surface area contributed by atoms with Gasteiger partial charge in [-0.15, -0.1) is 0 Å². The van der Waals surface area contributed by atoms with E-state index in [9.17, 15) is 14.7 Å². The number of amides is 1. The molecule has 3 aromatic carbocycles. The molecule has 1 N–H and O–H groups in total. The van der Waals surface area contributed by atoms with Gasteiger partial charge in [0.1, 0.15) is 6.61 Å². The number of aliphatic imine (C=N–C) groups is 1. The number of carboxylic acid groups (broad SMARTS) is 1. The van der Waals surface area contributed by atoms with Gasteiger partial charge in [0.15, 0.2) is 16.7 Å². The number of nitrogens with zero attached hydrogens (tertiary/aromatic N) is 2. The highest BCUT2D eigenvalue weighted by molar-refractivity contribution is 9.10. The average Bonchev–Trinajstić information content (AvgIpc) is 3.18. The number of ether oxygens (including phenoxy) is 2. The van der Waals surface area contributed by atoms with Crippen LogP contribution in [0.4, 0.5) is 5.69 Å². The number of rotatable bonds is 8. The van der Waals surface area contributed by atoms with E-state index in [1.54, 1.807) is 54.5 Å². The Hall–Kier alpha value is -3.27. The van der Waals surface area contributed by atoms with Gasteiger partial charge in [-0.3, -0.25) is 9.69 Å². The van der Waals surface area contributed by atoms with E-state index in [0.29, 0.717) is 45.4 Å². The van der Waals surface area contributed by atoms with E-state index in [2.05, 4.69) is 20.9 Å². The van der Waals surface area contributed by atoms with Crippen LogP contribution >= 0.6 is 39.3 Å². The van der Waals surface area contributed by atoms with Gasteiger partial charge in [-0.25, -0.2) is 9.79 Å². The summed E-state index contributed by atoms with van der Waals surface area (Å²) < 4.78 is 12.2. The third-order valence-electron chi connectivity index (χ3n) is 5.40. The second-order valence-electron chi connectivity index (χ2n) is 7.85. The molecule has 0 unspecified atom stereocenters. The van der Waals surface area contributed by atoms with Gasteiger partial charge in [0, 0.05) is 16.0 Å². The largest absolute Gasteiger partial charge is 0.493 e. The molecule has 1 fully saturated rings. The topological polar surface area (TPSA) is 88.4 Å². The van der Waals surface area contributed by atoms with E-state index in [1.807, 2.05) is 19.1 Å². The summed E-state index contributed by atoms with van der Waals surface area (Å²) >= 11 is 10.8. The monoisotopic (exact) mass is 600 g/mol. The van der Waals surface area contributed by atoms with E-state index in [0.717, 1.165) is 15.6 Å². The standard InChI is InChI=1S/C27H22BrClN2O5S/c1-3-31-25(32)24(37-27(31)30-20-6-4-5-17(11-20)26(33)34)13-18-12-22(35-2)23(14-21(18)28)36-15-16-7-9-19(29)10-8-16/h4-14H,3,15H2,1-2H3,(H,33,34). The quantitative estimate of drug-likeness (QED) is 0.279. The minimum Gasteiger partial charge on any atom is -0.493 e. The van der Waals surface area contributed by atoms with Gasteiger partial charge in [0.2, 0.25) is 0 Å². The number of hydrogen-bond acceptors (Lipinski definition) is 6. The molecule has 10 heteroatoms. The summed E-state index contributed by atoms with van der Waals surface area (Å²) in [5.74, 6) is -0.155. The molecule has 37 heavy (non-hydrogen) atoms. The molecule has 4 rings (SSSR count). The predicted molar refractivity (Wildman–Crippen MR) is 150 cm³/mol. The first-order chi connectivity index (χ1) is 17.8. The highest BCUT2D eigenvalue weighted by atomic mass is 79.9. The van der Waals surface area contributed by atoms with E-state index >= 15 is 0 Å². The molecule has 0 aromatic heterocycles. The molecule has 0 saturated carbocycles. The zero-order valence-corrected chi connectivity index (χ0v) is 23.1. The minimum absolute atomic E-state index is 0.129. The molecule has 1 aliphatic rings. The van der Waals surface area contributed by atoms with Crippen molar-refractivity contribution in [3.8, 4) is 11.5 Å². The van der Waals surface area contributed by atoms with Crippen molar-refractivity contribution >= 4 is 68.1 Å². The van der Waals surface area contributed by atoms with Crippen molar-refractivity contribution < 1.29 is 24.2 Å². The van der Waals surface area contributed by atoms with Crippen LogP contribution in [0.5, 0.6) is 11.5 Å². The van der Waals surface area contributed by atoms with E-state index in [1.165, 1.54) is 23.9 Å². The van der Waals surface area contributed by atoms with Crippen molar-refractivity contribution in [1.82, 2.24) is 4.90 Å². The van der Waals surface area contributed by atoms with Crippen molar-refractivity contribution in [2.24, 2.45) is 4.99 Å². The number of carbonyl (C=O) groups excluding carboxylic acids is 1. The summed E-state index contributed by atoms with van der Waals surface area (Å²) in [6.07, 6.45) is 1.77. The van der Waals surface area contributed by atoms with Crippen LogP contribution in [-0.4, -0.2) is 40.7 Å². The van der Waals surface area contributed by atoms with Crippen LogP contribution in [0.1, 0.15) is 28.4 Å². The molecule has 0 spiro atoms. The summed E-state index contributed by atoms with van der Waals surface area (Å²) in [6.45, 7) is 2.61. The molecule has 1 saturated heterocycles. The Kier molecular flexibility index (Phi) is 8.58. The van der Waals surface area contributed by atoms with Gasteiger partial charge in [-0.05, 0) is 78.4 Å². The number of methoxy groups -OCH3 is 1. The molecule has 3 aromatic rings. The fourth-order valence-corrected chi connectivity index (χ4v) is 5.12. The van der Waals surface area contributed by atoms with Crippen molar-refractivity contribution in [2.75, 3.05) is 13.7 Å². The fourth-order valence-electron chi connectivity index (χ4n) is 3.51.